The van der Waals surface area contributed by atoms with E-state index in [-0.39, 0.29) is 0 Å². The number of hydrogen-bond acceptors (Lipinski definition) is 1. The topological polar surface area (TPSA) is 3.24 Å². The van der Waals surface area contributed by atoms with Gasteiger partial charge in [-0.1, -0.05) is 8.58 Å². The first kappa shape index (κ1) is 5.11. The van der Waals surface area contributed by atoms with Gasteiger partial charge in [0.2, 0.25) is 0 Å². The van der Waals surface area contributed by atoms with Crippen molar-refractivity contribution in [3.05, 3.63) is 11.5 Å². The summed E-state index contributed by atoms with van der Waals surface area (Å²) in [6.07, 6.45) is 3.45. The smallest absolute Gasteiger partial charge is 0.0378 e. The Balaban J connectivity index is 2.50. The van der Waals surface area contributed by atoms with E-state index >= 15 is 0 Å². The minimum absolute atomic E-state index is 1.05. The van der Waals surface area contributed by atoms with Gasteiger partial charge in [-0.15, -0.1) is 0 Å². The second kappa shape index (κ2) is 1.83. The van der Waals surface area contributed by atoms with E-state index in [2.05, 4.69) is 25.1 Å². The van der Waals surface area contributed by atoms with Crippen LogP contribution >= 0.6 is 8.58 Å². The van der Waals surface area contributed by atoms with Crippen LogP contribution in [0.3, 0.4) is 0 Å². The zero-order valence-corrected chi connectivity index (χ0v) is 5.73. The van der Waals surface area contributed by atoms with Crippen LogP contribution in [0, 0.1) is 0 Å². The molecule has 1 rings (SSSR count). The van der Waals surface area contributed by atoms with E-state index in [9.17, 15) is 0 Å². The van der Waals surface area contributed by atoms with Gasteiger partial charge in [-0.2, -0.15) is 0 Å². The molecule has 0 fully saturated rings. The van der Waals surface area contributed by atoms with Crippen molar-refractivity contribution >= 4 is 8.58 Å². The van der Waals surface area contributed by atoms with Crippen molar-refractivity contribution in [1.29, 1.82) is 0 Å². The molecular weight excluding hydrogens is 105 g/mol. The van der Waals surface area contributed by atoms with Crippen molar-refractivity contribution in [2.45, 2.75) is 6.92 Å². The van der Waals surface area contributed by atoms with Crippen LogP contribution in [-0.4, -0.2) is 18.2 Å². The summed E-state index contributed by atoms with van der Waals surface area (Å²) in [5.41, 5.74) is 0. The third-order valence-corrected chi connectivity index (χ3v) is 2.37. The standard InChI is InChI=1S/C5H10NP/c1-5-3-6(2)4-7-5/h3,7H,4H2,1-2H3. The molecule has 0 aromatic carbocycles. The minimum Gasteiger partial charge on any atom is -0.376 e. The Morgan fingerprint density at radius 2 is 2.57 bits per heavy atom. The Morgan fingerprint density at radius 1 is 1.86 bits per heavy atom. The second-order valence-corrected chi connectivity index (χ2v) is 3.36. The van der Waals surface area contributed by atoms with Crippen molar-refractivity contribution in [2.24, 2.45) is 0 Å². The van der Waals surface area contributed by atoms with Crippen molar-refractivity contribution < 1.29 is 0 Å². The number of allylic oxidation sites excluding steroid dienone is 1. The fourth-order valence-electron chi connectivity index (χ4n) is 0.671. The maximum absolute atomic E-state index is 2.23. The van der Waals surface area contributed by atoms with E-state index in [1.807, 2.05) is 0 Å². The van der Waals surface area contributed by atoms with Crippen LogP contribution < -0.4 is 0 Å². The molecule has 2 heteroatoms. The number of nitrogens with zero attached hydrogens (tertiary/aromatic N) is 1. The van der Waals surface area contributed by atoms with Crippen LogP contribution in [0.25, 0.3) is 0 Å². The summed E-state index contributed by atoms with van der Waals surface area (Å²) < 4.78 is 0. The Labute approximate surface area is 46.2 Å². The number of hydrogen-bond donors (Lipinski definition) is 0. The molecule has 0 aromatic rings. The summed E-state index contributed by atoms with van der Waals surface area (Å²) in [4.78, 5) is 2.23. The molecule has 1 unspecified atom stereocenters. The first-order valence-corrected chi connectivity index (χ1v) is 3.62. The summed E-state index contributed by atoms with van der Waals surface area (Å²) in [5, 5.41) is 1.53. The van der Waals surface area contributed by atoms with Gasteiger partial charge in [0.05, 0.1) is 0 Å². The molecule has 0 spiro atoms. The third-order valence-electron chi connectivity index (χ3n) is 1.02. The highest BCUT2D eigenvalue weighted by Gasteiger charge is 2.00. The van der Waals surface area contributed by atoms with Crippen LogP contribution in [0.2, 0.25) is 0 Å². The molecule has 1 atom stereocenters. The largest absolute Gasteiger partial charge is 0.376 e. The van der Waals surface area contributed by atoms with Crippen LogP contribution in [0.15, 0.2) is 11.5 Å². The van der Waals surface area contributed by atoms with Gasteiger partial charge in [-0.25, -0.2) is 0 Å². The van der Waals surface area contributed by atoms with Crippen LogP contribution in [0.1, 0.15) is 6.92 Å². The van der Waals surface area contributed by atoms with E-state index in [0.717, 1.165) is 8.58 Å². The van der Waals surface area contributed by atoms with Gasteiger partial charge in [0.1, 0.15) is 0 Å². The van der Waals surface area contributed by atoms with Gasteiger partial charge in [0, 0.05) is 19.5 Å². The zero-order chi connectivity index (χ0) is 5.28. The fourth-order valence-corrected chi connectivity index (χ4v) is 1.57. The van der Waals surface area contributed by atoms with Gasteiger partial charge >= 0.3 is 0 Å². The van der Waals surface area contributed by atoms with Gasteiger partial charge in [0.25, 0.3) is 0 Å². The maximum atomic E-state index is 2.23. The van der Waals surface area contributed by atoms with E-state index in [1.54, 1.807) is 0 Å². The maximum Gasteiger partial charge on any atom is 0.0378 e. The van der Waals surface area contributed by atoms with E-state index < -0.39 is 0 Å². The van der Waals surface area contributed by atoms with Crippen LogP contribution in [-0.2, 0) is 0 Å². The molecule has 1 aliphatic rings. The van der Waals surface area contributed by atoms with Crippen LogP contribution in [0.5, 0.6) is 0 Å². The molecule has 0 saturated heterocycles. The molecule has 0 aromatic heterocycles. The summed E-state index contributed by atoms with van der Waals surface area (Å²) in [6, 6.07) is 0. The van der Waals surface area contributed by atoms with Gasteiger partial charge in [-0.05, 0) is 12.2 Å². The summed E-state index contributed by atoms with van der Waals surface area (Å²) in [7, 11) is 3.16. The van der Waals surface area contributed by atoms with E-state index in [4.69, 9.17) is 0 Å². The molecular formula is C5H10NP. The molecule has 1 nitrogen and oxygen atoms in total. The quantitative estimate of drug-likeness (QED) is 0.431. The van der Waals surface area contributed by atoms with Crippen molar-refractivity contribution in [3.63, 3.8) is 0 Å². The lowest BCUT2D eigenvalue weighted by molar-refractivity contribution is 0.548. The molecule has 0 radical (unpaired) electrons. The lowest BCUT2D eigenvalue weighted by Crippen LogP contribution is -2.02. The molecule has 1 heterocycles. The molecule has 7 heavy (non-hydrogen) atoms. The Hall–Kier alpha value is -0.0300. The van der Waals surface area contributed by atoms with E-state index in [0.29, 0.717) is 0 Å². The predicted molar refractivity (Wildman–Crippen MR) is 34.7 cm³/mol. The first-order valence-electron chi connectivity index (χ1n) is 2.41. The Morgan fingerprint density at radius 3 is 2.71 bits per heavy atom. The molecule has 1 aliphatic heterocycles. The van der Waals surface area contributed by atoms with Crippen molar-refractivity contribution in [2.75, 3.05) is 13.3 Å². The molecule has 0 N–H and O–H groups in total. The Bertz CT molecular complexity index is 98.3. The molecule has 0 bridgehead atoms. The third kappa shape index (κ3) is 1.17. The monoisotopic (exact) mass is 115 g/mol. The van der Waals surface area contributed by atoms with Crippen LogP contribution in [0.4, 0.5) is 0 Å². The molecule has 40 valence electrons. The summed E-state index contributed by atoms with van der Waals surface area (Å²) in [5.74, 6) is 0. The predicted octanol–water partition coefficient (Wildman–Crippen LogP) is 1.43. The highest BCUT2D eigenvalue weighted by Crippen LogP contribution is 2.29. The average molecular weight is 115 g/mol. The minimum atomic E-state index is 1.05. The van der Waals surface area contributed by atoms with Gasteiger partial charge in [0.15, 0.2) is 0 Å². The molecule has 0 aliphatic carbocycles. The summed E-state index contributed by atoms with van der Waals surface area (Å²) in [6.45, 7) is 2.18. The highest BCUT2D eigenvalue weighted by atomic mass is 31.1. The normalized spacial score (nSPS) is 23.7. The second-order valence-electron chi connectivity index (χ2n) is 1.90. The van der Waals surface area contributed by atoms with Crippen molar-refractivity contribution in [1.82, 2.24) is 4.90 Å². The van der Waals surface area contributed by atoms with E-state index in [1.165, 1.54) is 11.6 Å². The Kier molecular flexibility index (Phi) is 1.34. The van der Waals surface area contributed by atoms with Crippen molar-refractivity contribution in [3.8, 4) is 0 Å². The van der Waals surface area contributed by atoms with Gasteiger partial charge < -0.3 is 4.90 Å². The summed E-state index contributed by atoms with van der Waals surface area (Å²) >= 11 is 0. The lowest BCUT2D eigenvalue weighted by atomic mass is 10.7. The lowest BCUT2D eigenvalue weighted by Gasteiger charge is -2.02. The molecule has 0 saturated carbocycles. The SMILES string of the molecule is CC1=CN(C)CP1. The number of rotatable bonds is 0. The fraction of sp³-hybridized carbons (Fsp3) is 0.600. The molecule has 0 amide bonds. The average Bonchev–Trinajstić information content (AvgIpc) is 1.87. The first-order chi connectivity index (χ1) is 3.29. The highest BCUT2D eigenvalue weighted by molar-refractivity contribution is 7.43. The zero-order valence-electron chi connectivity index (χ0n) is 4.73. The van der Waals surface area contributed by atoms with Gasteiger partial charge in [-0.3, -0.25) is 0 Å².